The van der Waals surface area contributed by atoms with Gasteiger partial charge in [-0.1, -0.05) is 74.5 Å². The van der Waals surface area contributed by atoms with E-state index in [1.807, 2.05) is 81.6 Å². The van der Waals surface area contributed by atoms with E-state index in [9.17, 15) is 19.2 Å². The Balaban J connectivity index is 1.76. The molecule has 4 atom stereocenters. The molecule has 11 nitrogen and oxygen atoms in total. The van der Waals surface area contributed by atoms with E-state index < -0.39 is 41.9 Å². The number of hydrogen-bond donors (Lipinski definition) is 5. The Kier molecular flexibility index (Phi) is 16.4. The Morgan fingerprint density at radius 2 is 1.36 bits per heavy atom. The van der Waals surface area contributed by atoms with Gasteiger partial charge in [0.1, 0.15) is 18.1 Å². The van der Waals surface area contributed by atoms with Crippen LogP contribution < -0.4 is 27.0 Å². The molecule has 0 bridgehead atoms. The Bertz CT molecular complexity index is 1240. The molecule has 1 aliphatic heterocycles. The predicted molar refractivity (Wildman–Crippen MR) is 183 cm³/mol. The SMILES string of the molecule is CNCCCC[C@@H](NC(=O)[C@@H](CC(C)C)NC(=O)[C@@H](Cc1ccccc1)NC(=O)[C@H](N)Cc1ccccc1)C(=O)N1CCCOCC1. The number of ether oxygens (including phenoxy) is 1. The predicted octanol–water partition coefficient (Wildman–Crippen LogP) is 1.94. The van der Waals surface area contributed by atoms with Crippen molar-refractivity contribution >= 4 is 23.6 Å². The molecule has 0 radical (unpaired) electrons. The molecule has 11 heteroatoms. The van der Waals surface area contributed by atoms with Crippen molar-refractivity contribution < 1.29 is 23.9 Å². The van der Waals surface area contributed by atoms with E-state index >= 15 is 0 Å². The summed E-state index contributed by atoms with van der Waals surface area (Å²) in [5, 5.41) is 11.9. The topological polar surface area (TPSA) is 155 Å². The molecule has 0 aliphatic carbocycles. The Labute approximate surface area is 279 Å². The van der Waals surface area contributed by atoms with E-state index in [0.29, 0.717) is 45.6 Å². The van der Waals surface area contributed by atoms with E-state index in [2.05, 4.69) is 21.3 Å². The lowest BCUT2D eigenvalue weighted by molar-refractivity contribution is -0.138. The van der Waals surface area contributed by atoms with Crippen LogP contribution in [0.15, 0.2) is 60.7 Å². The molecule has 4 amide bonds. The Morgan fingerprint density at radius 1 is 0.766 bits per heavy atom. The smallest absolute Gasteiger partial charge is 0.245 e. The van der Waals surface area contributed by atoms with E-state index in [0.717, 1.165) is 36.9 Å². The fourth-order valence-electron chi connectivity index (χ4n) is 5.64. The number of nitrogens with zero attached hydrogens (tertiary/aromatic N) is 1. The number of benzene rings is 2. The molecule has 1 aliphatic rings. The second kappa shape index (κ2) is 20.4. The summed E-state index contributed by atoms with van der Waals surface area (Å²) in [5.41, 5.74) is 8.03. The number of carbonyl (C=O) groups is 4. The third-order valence-electron chi connectivity index (χ3n) is 8.21. The van der Waals surface area contributed by atoms with Crippen LogP contribution in [0, 0.1) is 5.92 Å². The molecule has 0 unspecified atom stereocenters. The number of unbranched alkanes of at least 4 members (excludes halogenated alkanes) is 1. The fraction of sp³-hybridized carbons (Fsp3) is 0.556. The van der Waals surface area contributed by atoms with Gasteiger partial charge in [-0.25, -0.2) is 0 Å². The lowest BCUT2D eigenvalue weighted by atomic mass is 9.99. The van der Waals surface area contributed by atoms with E-state index in [4.69, 9.17) is 10.5 Å². The van der Waals surface area contributed by atoms with E-state index in [1.54, 1.807) is 4.90 Å². The van der Waals surface area contributed by atoms with Crippen LogP contribution in [-0.4, -0.2) is 92.6 Å². The minimum atomic E-state index is -0.967. The van der Waals surface area contributed by atoms with Gasteiger partial charge in [0.25, 0.3) is 0 Å². The zero-order valence-corrected chi connectivity index (χ0v) is 28.2. The largest absolute Gasteiger partial charge is 0.380 e. The summed E-state index contributed by atoms with van der Waals surface area (Å²) in [5.74, 6) is -1.43. The van der Waals surface area contributed by atoms with Crippen LogP contribution in [0.4, 0.5) is 0 Å². The summed E-state index contributed by atoms with van der Waals surface area (Å²) in [7, 11) is 1.88. The molecule has 0 spiro atoms. The number of carbonyl (C=O) groups excluding carboxylic acids is 4. The molecule has 3 rings (SSSR count). The van der Waals surface area contributed by atoms with Gasteiger partial charge in [-0.3, -0.25) is 19.2 Å². The van der Waals surface area contributed by atoms with Crippen LogP contribution in [-0.2, 0) is 36.8 Å². The van der Waals surface area contributed by atoms with Gasteiger partial charge in [-0.05, 0) is 69.2 Å². The van der Waals surface area contributed by atoms with Gasteiger partial charge in [0, 0.05) is 26.1 Å². The number of hydrogen-bond acceptors (Lipinski definition) is 7. The molecule has 1 heterocycles. The third-order valence-corrected chi connectivity index (χ3v) is 8.21. The molecule has 0 saturated carbocycles. The van der Waals surface area contributed by atoms with Crippen molar-refractivity contribution in [1.29, 1.82) is 0 Å². The van der Waals surface area contributed by atoms with Gasteiger partial charge in [-0.15, -0.1) is 0 Å². The zero-order valence-electron chi connectivity index (χ0n) is 28.2. The zero-order chi connectivity index (χ0) is 34.0. The van der Waals surface area contributed by atoms with Gasteiger partial charge in [-0.2, -0.15) is 0 Å². The second-order valence-corrected chi connectivity index (χ2v) is 12.7. The Hall–Kier alpha value is -3.80. The van der Waals surface area contributed by atoms with Gasteiger partial charge >= 0.3 is 0 Å². The van der Waals surface area contributed by atoms with Crippen LogP contribution in [0.25, 0.3) is 0 Å². The summed E-state index contributed by atoms with van der Waals surface area (Å²) in [6.07, 6.45) is 3.72. The highest BCUT2D eigenvalue weighted by molar-refractivity contribution is 5.95. The highest BCUT2D eigenvalue weighted by Crippen LogP contribution is 2.12. The average molecular weight is 651 g/mol. The highest BCUT2D eigenvalue weighted by atomic mass is 16.5. The van der Waals surface area contributed by atoms with Crippen molar-refractivity contribution in [3.05, 3.63) is 71.8 Å². The molecule has 6 N–H and O–H groups in total. The van der Waals surface area contributed by atoms with Crippen LogP contribution in [0.3, 0.4) is 0 Å². The molecule has 0 aromatic heterocycles. The summed E-state index contributed by atoms with van der Waals surface area (Å²) < 4.78 is 5.54. The minimum absolute atomic E-state index is 0.0695. The number of nitrogens with two attached hydrogens (primary N) is 1. The molecule has 2 aromatic carbocycles. The maximum atomic E-state index is 13.9. The first-order chi connectivity index (χ1) is 22.7. The highest BCUT2D eigenvalue weighted by Gasteiger charge is 2.32. The summed E-state index contributed by atoms with van der Waals surface area (Å²) in [4.78, 5) is 56.3. The molecule has 2 aromatic rings. The van der Waals surface area contributed by atoms with E-state index in [1.165, 1.54) is 0 Å². The number of rotatable bonds is 18. The van der Waals surface area contributed by atoms with Gasteiger partial charge < -0.3 is 36.6 Å². The second-order valence-electron chi connectivity index (χ2n) is 12.7. The van der Waals surface area contributed by atoms with Crippen LogP contribution >= 0.6 is 0 Å². The third kappa shape index (κ3) is 13.5. The fourth-order valence-corrected chi connectivity index (χ4v) is 5.64. The first-order valence-electron chi connectivity index (χ1n) is 16.9. The van der Waals surface area contributed by atoms with E-state index in [-0.39, 0.29) is 18.2 Å². The quantitative estimate of drug-likeness (QED) is 0.155. The van der Waals surface area contributed by atoms with Crippen molar-refractivity contribution in [2.75, 3.05) is 39.9 Å². The Morgan fingerprint density at radius 3 is 2.00 bits per heavy atom. The molecule has 258 valence electrons. The van der Waals surface area contributed by atoms with Crippen LogP contribution in [0.1, 0.15) is 57.1 Å². The number of nitrogens with one attached hydrogen (secondary N) is 4. The summed E-state index contributed by atoms with van der Waals surface area (Å²) in [6.45, 7) is 6.85. The van der Waals surface area contributed by atoms with Crippen molar-refractivity contribution in [2.24, 2.45) is 11.7 Å². The normalized spacial score (nSPS) is 16.0. The van der Waals surface area contributed by atoms with Gasteiger partial charge in [0.05, 0.1) is 12.6 Å². The van der Waals surface area contributed by atoms with Gasteiger partial charge in [0.15, 0.2) is 0 Å². The molecule has 1 fully saturated rings. The first-order valence-corrected chi connectivity index (χ1v) is 16.9. The average Bonchev–Trinajstić information content (AvgIpc) is 3.35. The first kappa shape index (κ1) is 37.7. The van der Waals surface area contributed by atoms with Crippen molar-refractivity contribution in [3.8, 4) is 0 Å². The van der Waals surface area contributed by atoms with Crippen LogP contribution in [0.2, 0.25) is 0 Å². The van der Waals surface area contributed by atoms with Crippen molar-refractivity contribution in [3.63, 3.8) is 0 Å². The molecule has 1 saturated heterocycles. The summed E-state index contributed by atoms with van der Waals surface area (Å²) >= 11 is 0. The number of amides is 4. The molecular weight excluding hydrogens is 596 g/mol. The van der Waals surface area contributed by atoms with Gasteiger partial charge in [0.2, 0.25) is 23.6 Å². The lowest BCUT2D eigenvalue weighted by Crippen LogP contribution is -2.58. The van der Waals surface area contributed by atoms with Crippen molar-refractivity contribution in [1.82, 2.24) is 26.2 Å². The summed E-state index contributed by atoms with van der Waals surface area (Å²) in [6, 6.07) is 15.4. The van der Waals surface area contributed by atoms with Crippen LogP contribution in [0.5, 0.6) is 0 Å². The molecule has 47 heavy (non-hydrogen) atoms. The minimum Gasteiger partial charge on any atom is -0.380 e. The van der Waals surface area contributed by atoms with Crippen molar-refractivity contribution in [2.45, 2.75) is 83.0 Å². The standard InChI is InChI=1S/C36H54N6O5/c1-26(2)23-31(34(44)39-30(17-10-11-18-38-3)36(46)42-19-12-21-47-22-20-42)41-35(45)32(25-28-15-8-5-9-16-28)40-33(43)29(37)24-27-13-6-4-7-14-27/h4-9,13-16,26,29-32,38H,10-12,17-25,37H2,1-3H3,(H,39,44)(H,40,43)(H,41,45)/t29-,30-,31-,32-/m1/s1. The maximum absolute atomic E-state index is 13.9. The monoisotopic (exact) mass is 650 g/mol. The molecular formula is C36H54N6O5. The lowest BCUT2D eigenvalue weighted by Gasteiger charge is -2.29. The maximum Gasteiger partial charge on any atom is 0.245 e.